The number of hydrogen-bond acceptors (Lipinski definition) is 4. The second-order valence-electron chi connectivity index (χ2n) is 7.11. The summed E-state index contributed by atoms with van der Waals surface area (Å²) in [6.07, 6.45) is 2.41. The third-order valence-electron chi connectivity index (χ3n) is 4.88. The molecule has 0 radical (unpaired) electrons. The lowest BCUT2D eigenvalue weighted by molar-refractivity contribution is -0.112. The highest BCUT2D eigenvalue weighted by molar-refractivity contribution is 6.35. The Kier molecular flexibility index (Phi) is 8.37. The summed E-state index contributed by atoms with van der Waals surface area (Å²) in [6.45, 7) is 2.28. The lowest BCUT2D eigenvalue weighted by Crippen LogP contribution is -2.13. The minimum absolute atomic E-state index is 0.0294. The van der Waals surface area contributed by atoms with Crippen molar-refractivity contribution in [2.45, 2.75) is 20.0 Å². The van der Waals surface area contributed by atoms with Crippen molar-refractivity contribution < 1.29 is 14.3 Å². The maximum absolute atomic E-state index is 12.6. The van der Waals surface area contributed by atoms with Crippen molar-refractivity contribution in [3.63, 3.8) is 0 Å². The van der Waals surface area contributed by atoms with E-state index in [2.05, 4.69) is 12.2 Å². The van der Waals surface area contributed by atoms with E-state index in [-0.39, 0.29) is 12.2 Å². The summed E-state index contributed by atoms with van der Waals surface area (Å²) in [7, 11) is 1.52. The summed E-state index contributed by atoms with van der Waals surface area (Å²) < 4.78 is 11.3. The average Bonchev–Trinajstić information content (AvgIpc) is 2.82. The maximum atomic E-state index is 12.6. The van der Waals surface area contributed by atoms with Crippen LogP contribution in [0.5, 0.6) is 11.5 Å². The van der Waals surface area contributed by atoms with E-state index in [4.69, 9.17) is 32.7 Å². The topological polar surface area (TPSA) is 71.4 Å². The molecule has 3 aromatic carbocycles. The molecule has 168 valence electrons. The molecule has 0 unspecified atom stereocenters. The molecule has 7 heteroatoms. The van der Waals surface area contributed by atoms with Gasteiger partial charge in [0, 0.05) is 21.3 Å². The van der Waals surface area contributed by atoms with Gasteiger partial charge in [0.1, 0.15) is 18.2 Å². The number of amides is 1. The minimum atomic E-state index is -0.488. The molecular formula is C26H22Cl2N2O3. The van der Waals surface area contributed by atoms with Crippen LogP contribution in [0.15, 0.2) is 66.2 Å². The lowest BCUT2D eigenvalue weighted by atomic mass is 10.1. The van der Waals surface area contributed by atoms with Gasteiger partial charge in [-0.25, -0.2) is 0 Å². The van der Waals surface area contributed by atoms with Crippen LogP contribution < -0.4 is 14.8 Å². The molecule has 0 atom stereocenters. The molecule has 33 heavy (non-hydrogen) atoms. The average molecular weight is 481 g/mol. The minimum Gasteiger partial charge on any atom is -0.493 e. The smallest absolute Gasteiger partial charge is 0.266 e. The van der Waals surface area contributed by atoms with Gasteiger partial charge in [0.05, 0.1) is 7.11 Å². The number of ether oxygens (including phenoxy) is 2. The largest absolute Gasteiger partial charge is 0.493 e. The number of benzene rings is 3. The van der Waals surface area contributed by atoms with E-state index >= 15 is 0 Å². The molecule has 0 heterocycles. The van der Waals surface area contributed by atoms with Crippen LogP contribution in [0.3, 0.4) is 0 Å². The number of nitriles is 1. The Bertz CT molecular complexity index is 1220. The Hall–Kier alpha value is -3.46. The number of anilines is 1. The summed E-state index contributed by atoms with van der Waals surface area (Å²) in [5.41, 5.74) is 3.16. The second kappa shape index (κ2) is 11.4. The summed E-state index contributed by atoms with van der Waals surface area (Å²) in [5.74, 6) is 0.472. The van der Waals surface area contributed by atoms with Crippen LogP contribution in [0.25, 0.3) is 6.08 Å². The maximum Gasteiger partial charge on any atom is 0.266 e. The van der Waals surface area contributed by atoms with E-state index in [9.17, 15) is 10.1 Å². The van der Waals surface area contributed by atoms with Crippen molar-refractivity contribution in [2.75, 3.05) is 12.4 Å². The Morgan fingerprint density at radius 3 is 2.45 bits per heavy atom. The molecule has 0 spiro atoms. The Morgan fingerprint density at radius 1 is 1.06 bits per heavy atom. The van der Waals surface area contributed by atoms with Gasteiger partial charge in [-0.1, -0.05) is 54.4 Å². The predicted molar refractivity (Wildman–Crippen MR) is 132 cm³/mol. The van der Waals surface area contributed by atoms with Gasteiger partial charge in [-0.2, -0.15) is 5.26 Å². The molecule has 0 aliphatic heterocycles. The van der Waals surface area contributed by atoms with Crippen molar-refractivity contribution >= 4 is 40.9 Å². The number of nitrogens with zero attached hydrogens (tertiary/aromatic N) is 1. The van der Waals surface area contributed by atoms with Crippen molar-refractivity contribution in [2.24, 2.45) is 0 Å². The summed E-state index contributed by atoms with van der Waals surface area (Å²) in [6, 6.07) is 19.8. The third-order valence-corrected chi connectivity index (χ3v) is 5.47. The SMILES string of the molecule is CCc1ccc(NC(=O)/C(C#N)=C\c2ccc(OCc3ccc(Cl)cc3Cl)c(OC)c2)cc1. The highest BCUT2D eigenvalue weighted by Gasteiger charge is 2.12. The fraction of sp³-hybridized carbons (Fsp3) is 0.154. The summed E-state index contributed by atoms with van der Waals surface area (Å²) in [5, 5.41) is 13.3. The number of rotatable bonds is 8. The number of carbonyl (C=O) groups is 1. The fourth-order valence-corrected chi connectivity index (χ4v) is 3.49. The highest BCUT2D eigenvalue weighted by Crippen LogP contribution is 2.31. The second-order valence-corrected chi connectivity index (χ2v) is 7.95. The first kappa shape index (κ1) is 24.2. The Balaban J connectivity index is 1.74. The Labute approximate surface area is 203 Å². The normalized spacial score (nSPS) is 10.9. The molecule has 0 fully saturated rings. The molecule has 0 bridgehead atoms. The number of nitrogens with one attached hydrogen (secondary N) is 1. The van der Waals surface area contributed by atoms with Crippen molar-refractivity contribution in [1.82, 2.24) is 0 Å². The molecule has 0 aliphatic rings. The molecule has 0 aliphatic carbocycles. The Morgan fingerprint density at radius 2 is 1.82 bits per heavy atom. The molecule has 3 rings (SSSR count). The zero-order valence-electron chi connectivity index (χ0n) is 18.2. The van der Waals surface area contributed by atoms with Crippen LogP contribution in [-0.4, -0.2) is 13.0 Å². The molecule has 0 aromatic heterocycles. The van der Waals surface area contributed by atoms with Crippen molar-refractivity contribution in [1.29, 1.82) is 5.26 Å². The molecular weight excluding hydrogens is 459 g/mol. The van der Waals surface area contributed by atoms with Crippen molar-refractivity contribution in [3.05, 3.63) is 93.0 Å². The summed E-state index contributed by atoms with van der Waals surface area (Å²) in [4.78, 5) is 12.6. The van der Waals surface area contributed by atoms with Gasteiger partial charge in [0.2, 0.25) is 0 Å². The number of methoxy groups -OCH3 is 1. The van der Waals surface area contributed by atoms with Gasteiger partial charge >= 0.3 is 0 Å². The van der Waals surface area contributed by atoms with Gasteiger partial charge in [-0.05, 0) is 60.0 Å². The van der Waals surface area contributed by atoms with E-state index in [1.54, 1.807) is 36.4 Å². The first-order valence-electron chi connectivity index (χ1n) is 10.2. The molecule has 3 aromatic rings. The first-order valence-corrected chi connectivity index (χ1v) is 11.0. The first-order chi connectivity index (χ1) is 15.9. The monoisotopic (exact) mass is 480 g/mol. The molecule has 0 saturated carbocycles. The number of carbonyl (C=O) groups excluding carboxylic acids is 1. The van der Waals surface area contributed by atoms with E-state index in [0.717, 1.165) is 17.5 Å². The lowest BCUT2D eigenvalue weighted by Gasteiger charge is -2.12. The van der Waals surface area contributed by atoms with E-state index in [0.29, 0.717) is 32.8 Å². The van der Waals surface area contributed by atoms with Gasteiger partial charge in [-0.15, -0.1) is 0 Å². The zero-order valence-corrected chi connectivity index (χ0v) is 19.7. The van der Waals surface area contributed by atoms with Crippen LogP contribution >= 0.6 is 23.2 Å². The molecule has 1 amide bonds. The van der Waals surface area contributed by atoms with E-state index < -0.39 is 5.91 Å². The van der Waals surface area contributed by atoms with Crippen LogP contribution in [0.1, 0.15) is 23.6 Å². The van der Waals surface area contributed by atoms with E-state index in [1.807, 2.05) is 30.3 Å². The van der Waals surface area contributed by atoms with Gasteiger partial charge in [0.15, 0.2) is 11.5 Å². The molecule has 0 saturated heterocycles. The number of aryl methyl sites for hydroxylation is 1. The summed E-state index contributed by atoms with van der Waals surface area (Å²) >= 11 is 12.1. The van der Waals surface area contributed by atoms with Gasteiger partial charge in [-0.3, -0.25) is 4.79 Å². The standard InChI is InChI=1S/C26H22Cl2N2O3/c1-3-17-4-9-22(10-5-17)30-26(31)20(15-29)12-18-6-11-24(25(13-18)32-2)33-16-19-7-8-21(27)14-23(19)28/h4-14H,3,16H2,1-2H3,(H,30,31)/b20-12-. The zero-order chi connectivity index (χ0) is 23.8. The quantitative estimate of drug-likeness (QED) is 0.288. The third kappa shape index (κ3) is 6.52. The number of halogens is 2. The van der Waals surface area contributed by atoms with Crippen LogP contribution in [0.2, 0.25) is 10.0 Å². The van der Waals surface area contributed by atoms with Gasteiger partial charge < -0.3 is 14.8 Å². The van der Waals surface area contributed by atoms with E-state index in [1.165, 1.54) is 13.2 Å². The van der Waals surface area contributed by atoms with Crippen molar-refractivity contribution in [3.8, 4) is 17.6 Å². The fourth-order valence-electron chi connectivity index (χ4n) is 3.02. The van der Waals surface area contributed by atoms with Gasteiger partial charge in [0.25, 0.3) is 5.91 Å². The van der Waals surface area contributed by atoms with Crippen LogP contribution in [0, 0.1) is 11.3 Å². The molecule has 1 N–H and O–H groups in total. The number of hydrogen-bond donors (Lipinski definition) is 1. The van der Waals surface area contributed by atoms with Crippen LogP contribution in [0.4, 0.5) is 5.69 Å². The highest BCUT2D eigenvalue weighted by atomic mass is 35.5. The predicted octanol–water partition coefficient (Wildman–Crippen LogP) is 6.69. The van der Waals surface area contributed by atoms with Crippen LogP contribution in [-0.2, 0) is 17.8 Å². The molecule has 5 nitrogen and oxygen atoms in total.